The molecular formula is C21H24N6O3. The maximum Gasteiger partial charge on any atom is 0.255 e. The number of hydrogen-bond acceptors (Lipinski definition) is 7. The molecule has 2 atom stereocenters. The number of nitrogens with one attached hydrogen (secondary N) is 1. The van der Waals surface area contributed by atoms with Crippen LogP contribution >= 0.6 is 0 Å². The lowest BCUT2D eigenvalue weighted by Crippen LogP contribution is -2.37. The van der Waals surface area contributed by atoms with E-state index in [0.29, 0.717) is 54.1 Å². The molecule has 1 aliphatic carbocycles. The molecule has 2 aliphatic heterocycles. The highest BCUT2D eigenvalue weighted by Gasteiger charge is 2.46. The third-order valence-electron chi connectivity index (χ3n) is 6.03. The van der Waals surface area contributed by atoms with Crippen LogP contribution in [0.2, 0.25) is 0 Å². The zero-order chi connectivity index (χ0) is 20.7. The van der Waals surface area contributed by atoms with Crippen molar-refractivity contribution in [3.05, 3.63) is 41.6 Å². The number of ether oxygens (including phenoxy) is 1. The highest BCUT2D eigenvalue weighted by Crippen LogP contribution is 2.44. The van der Waals surface area contributed by atoms with Crippen molar-refractivity contribution in [1.29, 1.82) is 0 Å². The van der Waals surface area contributed by atoms with E-state index in [4.69, 9.17) is 4.74 Å². The number of fused-ring (bicyclic) bond motifs is 2. The lowest BCUT2D eigenvalue weighted by molar-refractivity contribution is 0.0705. The number of aromatic nitrogens is 2. The van der Waals surface area contributed by atoms with Gasteiger partial charge in [0.05, 0.1) is 12.1 Å². The first-order valence-electron chi connectivity index (χ1n) is 10.3. The molecule has 3 aliphatic rings. The Morgan fingerprint density at radius 2 is 2.27 bits per heavy atom. The first-order chi connectivity index (χ1) is 14.7. The van der Waals surface area contributed by atoms with E-state index in [9.17, 15) is 9.59 Å². The second-order valence-corrected chi connectivity index (χ2v) is 7.84. The maximum atomic E-state index is 13.0. The van der Waals surface area contributed by atoms with Gasteiger partial charge in [-0.2, -0.15) is 5.10 Å². The summed E-state index contributed by atoms with van der Waals surface area (Å²) >= 11 is 0. The summed E-state index contributed by atoms with van der Waals surface area (Å²) in [5, 5.41) is 4.14. The quantitative estimate of drug-likeness (QED) is 0.602. The van der Waals surface area contributed by atoms with Crippen LogP contribution in [0.4, 0.5) is 11.5 Å². The van der Waals surface area contributed by atoms with Crippen LogP contribution < -0.4 is 20.6 Å². The summed E-state index contributed by atoms with van der Waals surface area (Å²) in [6.07, 6.45) is 7.44. The van der Waals surface area contributed by atoms with E-state index >= 15 is 0 Å². The van der Waals surface area contributed by atoms with Crippen LogP contribution in [0.15, 0.2) is 35.7 Å². The number of piperidine rings is 1. The van der Waals surface area contributed by atoms with Crippen molar-refractivity contribution in [3.63, 3.8) is 0 Å². The van der Waals surface area contributed by atoms with Gasteiger partial charge in [0, 0.05) is 43.8 Å². The molecule has 0 aromatic carbocycles. The van der Waals surface area contributed by atoms with Crippen LogP contribution in [0, 0.1) is 5.92 Å². The molecule has 9 heteroatoms. The third-order valence-corrected chi connectivity index (χ3v) is 6.03. The van der Waals surface area contributed by atoms with E-state index < -0.39 is 0 Å². The van der Waals surface area contributed by atoms with E-state index in [1.807, 2.05) is 21.9 Å². The summed E-state index contributed by atoms with van der Waals surface area (Å²) < 4.78 is 7.23. The van der Waals surface area contributed by atoms with Crippen LogP contribution in [-0.2, 0) is 4.79 Å². The number of amides is 1. The standard InChI is InChI=1S/C21H24N6O3/c1-22-24-19-11-16(4-6-25(19)13-28)26-7-8-30-18-10-15(12-23-20(18)26)21(29)27-5-2-3-14-9-17(14)27/h4,6,10-14,17,22H,2-3,5,7-9H2,1H3/b24-19-. The number of carbonyl (C=O) groups is 2. The molecule has 0 radical (unpaired) electrons. The first-order valence-corrected chi connectivity index (χ1v) is 10.3. The van der Waals surface area contributed by atoms with Crippen LogP contribution in [-0.4, -0.2) is 59.6 Å². The Kier molecular flexibility index (Phi) is 4.65. The fourth-order valence-corrected chi connectivity index (χ4v) is 4.45. The molecule has 1 N–H and O–H groups in total. The Labute approximate surface area is 174 Å². The molecule has 156 valence electrons. The predicted molar refractivity (Wildman–Crippen MR) is 110 cm³/mol. The molecule has 0 spiro atoms. The van der Waals surface area contributed by atoms with Gasteiger partial charge in [0.2, 0.25) is 6.41 Å². The van der Waals surface area contributed by atoms with Gasteiger partial charge in [0.1, 0.15) is 6.61 Å². The van der Waals surface area contributed by atoms with Crippen molar-refractivity contribution in [2.45, 2.75) is 25.3 Å². The fourth-order valence-electron chi connectivity index (χ4n) is 4.45. The van der Waals surface area contributed by atoms with Gasteiger partial charge in [-0.3, -0.25) is 14.2 Å². The Morgan fingerprint density at radius 3 is 3.10 bits per heavy atom. The van der Waals surface area contributed by atoms with Crippen LogP contribution in [0.1, 0.15) is 29.6 Å². The van der Waals surface area contributed by atoms with Gasteiger partial charge >= 0.3 is 0 Å². The summed E-state index contributed by atoms with van der Waals surface area (Å²) in [7, 11) is 1.68. The molecule has 0 bridgehead atoms. The average Bonchev–Trinajstić information content (AvgIpc) is 3.58. The molecule has 2 fully saturated rings. The van der Waals surface area contributed by atoms with E-state index in [2.05, 4.69) is 15.5 Å². The molecular weight excluding hydrogens is 384 g/mol. The lowest BCUT2D eigenvalue weighted by Gasteiger charge is -2.31. The summed E-state index contributed by atoms with van der Waals surface area (Å²) in [5.41, 5.74) is 4.60. The van der Waals surface area contributed by atoms with E-state index in [1.165, 1.54) is 11.0 Å². The normalized spacial score (nSPS) is 22.6. The molecule has 2 aromatic heterocycles. The zero-order valence-corrected chi connectivity index (χ0v) is 16.8. The van der Waals surface area contributed by atoms with Gasteiger partial charge in [0.15, 0.2) is 17.1 Å². The molecule has 1 saturated heterocycles. The molecule has 1 amide bonds. The van der Waals surface area contributed by atoms with Crippen molar-refractivity contribution < 1.29 is 14.3 Å². The van der Waals surface area contributed by atoms with Crippen molar-refractivity contribution in [1.82, 2.24) is 19.9 Å². The molecule has 30 heavy (non-hydrogen) atoms. The maximum absolute atomic E-state index is 13.0. The summed E-state index contributed by atoms with van der Waals surface area (Å²) in [6, 6.07) is 5.85. The molecule has 2 unspecified atom stereocenters. The minimum absolute atomic E-state index is 0.0417. The first kappa shape index (κ1) is 18.7. The number of hydrogen-bond donors (Lipinski definition) is 1. The number of pyridine rings is 2. The number of anilines is 2. The van der Waals surface area contributed by atoms with Gasteiger partial charge in [-0.1, -0.05) is 0 Å². The fraction of sp³-hybridized carbons (Fsp3) is 0.429. The highest BCUT2D eigenvalue weighted by molar-refractivity contribution is 5.95. The van der Waals surface area contributed by atoms with Gasteiger partial charge < -0.3 is 20.0 Å². The smallest absolute Gasteiger partial charge is 0.255 e. The van der Waals surface area contributed by atoms with Crippen molar-refractivity contribution in [2.24, 2.45) is 11.0 Å². The lowest BCUT2D eigenvalue weighted by atomic mass is 10.1. The van der Waals surface area contributed by atoms with Crippen LogP contribution in [0.25, 0.3) is 0 Å². The van der Waals surface area contributed by atoms with Crippen molar-refractivity contribution in [2.75, 3.05) is 31.6 Å². The highest BCUT2D eigenvalue weighted by atomic mass is 16.5. The van der Waals surface area contributed by atoms with Gasteiger partial charge in [0.25, 0.3) is 5.91 Å². The summed E-state index contributed by atoms with van der Waals surface area (Å²) in [4.78, 5) is 32.9. The average molecular weight is 408 g/mol. The van der Waals surface area contributed by atoms with Gasteiger partial charge in [-0.05, 0) is 37.3 Å². The number of nitrogens with zero attached hydrogens (tertiary/aromatic N) is 5. The van der Waals surface area contributed by atoms with E-state index in [0.717, 1.165) is 25.1 Å². The monoisotopic (exact) mass is 408 g/mol. The number of carbonyl (C=O) groups excluding carboxylic acids is 2. The molecule has 9 nitrogen and oxygen atoms in total. The van der Waals surface area contributed by atoms with Crippen molar-refractivity contribution in [3.8, 4) is 5.75 Å². The van der Waals surface area contributed by atoms with E-state index in [-0.39, 0.29) is 5.91 Å². The number of rotatable bonds is 4. The number of likely N-dealkylation sites (tertiary alicyclic amines) is 1. The van der Waals surface area contributed by atoms with Crippen molar-refractivity contribution >= 4 is 23.8 Å². The van der Waals surface area contributed by atoms with Gasteiger partial charge in [-0.25, -0.2) is 4.98 Å². The zero-order valence-electron chi connectivity index (χ0n) is 16.8. The minimum Gasteiger partial charge on any atom is -0.488 e. The Balaban J connectivity index is 1.45. The van der Waals surface area contributed by atoms with Gasteiger partial charge in [-0.15, -0.1) is 0 Å². The predicted octanol–water partition coefficient (Wildman–Crippen LogP) is 1.11. The Morgan fingerprint density at radius 1 is 1.37 bits per heavy atom. The second kappa shape index (κ2) is 7.47. The summed E-state index contributed by atoms with van der Waals surface area (Å²) in [6.45, 7) is 1.90. The second-order valence-electron chi connectivity index (χ2n) is 7.84. The minimum atomic E-state index is 0.0417. The summed E-state index contributed by atoms with van der Waals surface area (Å²) in [5.74, 6) is 1.97. The molecule has 5 rings (SSSR count). The van der Waals surface area contributed by atoms with E-state index in [1.54, 1.807) is 25.5 Å². The molecule has 1 saturated carbocycles. The third kappa shape index (κ3) is 3.20. The Hall–Kier alpha value is -3.36. The molecule has 2 aromatic rings. The van der Waals surface area contributed by atoms with Crippen LogP contribution in [0.3, 0.4) is 0 Å². The van der Waals surface area contributed by atoms with Crippen LogP contribution in [0.5, 0.6) is 5.75 Å². The Bertz CT molecular complexity index is 1060. The molecule has 4 heterocycles. The largest absolute Gasteiger partial charge is 0.488 e. The SMILES string of the molecule is CN/N=c1/cc(N2CCOc3cc(C(=O)N4CCCC5CC54)cnc32)ccn1C=O. The topological polar surface area (TPSA) is 92.1 Å².